The summed E-state index contributed by atoms with van der Waals surface area (Å²) in [6.07, 6.45) is 3.38. The Hall–Kier alpha value is -2.90. The highest BCUT2D eigenvalue weighted by Crippen LogP contribution is 2.34. The highest BCUT2D eigenvalue weighted by atomic mass is 32.1. The van der Waals surface area contributed by atoms with E-state index >= 15 is 0 Å². The average Bonchev–Trinajstić information content (AvgIpc) is 3.27. The predicted molar refractivity (Wildman–Crippen MR) is 137 cm³/mol. The first-order valence-corrected chi connectivity index (χ1v) is 12.6. The van der Waals surface area contributed by atoms with Crippen molar-refractivity contribution >= 4 is 17.2 Å². The lowest BCUT2D eigenvalue weighted by Gasteiger charge is -2.32. The molecule has 0 atom stereocenters. The number of benzene rings is 2. The molecule has 180 valence electrons. The Kier molecular flexibility index (Phi) is 8.19. The van der Waals surface area contributed by atoms with Crippen LogP contribution in [0, 0.1) is 12.8 Å². The standard InChI is InChI=1S/C27H33N3O3S/c1-19-25(22-9-10-23(32-2)24(17-22)33-3)29-27(34-19)26(31)28-14-11-20-12-15-30(16-13-20)18-21-7-5-4-6-8-21/h4-10,17,20H,11-16,18H2,1-3H3,(H,28,31). The fourth-order valence-corrected chi connectivity index (χ4v) is 5.34. The molecule has 0 bridgehead atoms. The number of piperidine rings is 1. The third-order valence-corrected chi connectivity index (χ3v) is 7.41. The number of aromatic nitrogens is 1. The van der Waals surface area contributed by atoms with Crippen LogP contribution < -0.4 is 14.8 Å². The summed E-state index contributed by atoms with van der Waals surface area (Å²) in [5.74, 6) is 1.88. The second-order valence-electron chi connectivity index (χ2n) is 8.74. The van der Waals surface area contributed by atoms with Gasteiger partial charge in [-0.3, -0.25) is 9.69 Å². The lowest BCUT2D eigenvalue weighted by atomic mass is 9.93. The molecule has 0 spiro atoms. The van der Waals surface area contributed by atoms with Crippen molar-refractivity contribution in [1.29, 1.82) is 0 Å². The number of carbonyl (C=O) groups excluding carboxylic acids is 1. The molecular weight excluding hydrogens is 446 g/mol. The van der Waals surface area contributed by atoms with Crippen molar-refractivity contribution in [2.45, 2.75) is 32.7 Å². The molecule has 4 rings (SSSR count). The molecular formula is C27H33N3O3S. The van der Waals surface area contributed by atoms with Crippen molar-refractivity contribution in [3.8, 4) is 22.8 Å². The molecule has 1 fully saturated rings. The maximum atomic E-state index is 12.7. The van der Waals surface area contributed by atoms with Crippen molar-refractivity contribution in [3.63, 3.8) is 0 Å². The largest absolute Gasteiger partial charge is 0.493 e. The van der Waals surface area contributed by atoms with Crippen LogP contribution in [-0.2, 0) is 6.54 Å². The monoisotopic (exact) mass is 479 g/mol. The lowest BCUT2D eigenvalue weighted by molar-refractivity contribution is 0.0947. The highest BCUT2D eigenvalue weighted by Gasteiger charge is 2.20. The molecule has 1 aliphatic heterocycles. The van der Waals surface area contributed by atoms with Crippen molar-refractivity contribution in [1.82, 2.24) is 15.2 Å². The minimum Gasteiger partial charge on any atom is -0.493 e. The van der Waals surface area contributed by atoms with Gasteiger partial charge in [0, 0.05) is 23.5 Å². The number of carbonyl (C=O) groups is 1. The number of aryl methyl sites for hydroxylation is 1. The Balaban J connectivity index is 1.26. The van der Waals surface area contributed by atoms with Crippen LogP contribution in [0.5, 0.6) is 11.5 Å². The van der Waals surface area contributed by atoms with Crippen LogP contribution in [0.2, 0.25) is 0 Å². The van der Waals surface area contributed by atoms with Gasteiger partial charge < -0.3 is 14.8 Å². The first-order chi connectivity index (χ1) is 16.6. The lowest BCUT2D eigenvalue weighted by Crippen LogP contribution is -2.34. The van der Waals surface area contributed by atoms with E-state index in [2.05, 4.69) is 45.5 Å². The normalized spacial score (nSPS) is 14.7. The fraction of sp³-hybridized carbons (Fsp3) is 0.407. The Morgan fingerprint density at radius 2 is 1.82 bits per heavy atom. The van der Waals surface area contributed by atoms with E-state index in [0.29, 0.717) is 29.0 Å². The fourth-order valence-electron chi connectivity index (χ4n) is 4.49. The number of thiazole rings is 1. The summed E-state index contributed by atoms with van der Waals surface area (Å²) in [5.41, 5.74) is 3.09. The molecule has 7 heteroatoms. The zero-order chi connectivity index (χ0) is 23.9. The van der Waals surface area contributed by atoms with Gasteiger partial charge in [-0.2, -0.15) is 0 Å². The van der Waals surface area contributed by atoms with Gasteiger partial charge in [-0.25, -0.2) is 4.98 Å². The molecule has 2 aromatic carbocycles. The van der Waals surface area contributed by atoms with Gasteiger partial charge >= 0.3 is 0 Å². The van der Waals surface area contributed by atoms with Crippen LogP contribution >= 0.6 is 11.3 Å². The van der Waals surface area contributed by atoms with Crippen LogP contribution in [0.25, 0.3) is 11.3 Å². The van der Waals surface area contributed by atoms with Crippen LogP contribution in [0.3, 0.4) is 0 Å². The number of likely N-dealkylation sites (tertiary alicyclic amines) is 1. The van der Waals surface area contributed by atoms with Crippen molar-refractivity contribution in [2.75, 3.05) is 33.9 Å². The second-order valence-corrected chi connectivity index (χ2v) is 9.95. The molecule has 0 aliphatic carbocycles. The third-order valence-electron chi connectivity index (χ3n) is 6.44. The minimum absolute atomic E-state index is 0.0960. The van der Waals surface area contributed by atoms with Gasteiger partial charge in [-0.1, -0.05) is 30.3 Å². The molecule has 0 saturated carbocycles. The van der Waals surface area contributed by atoms with Crippen LogP contribution in [0.15, 0.2) is 48.5 Å². The molecule has 3 aromatic rings. The Morgan fingerprint density at radius 1 is 1.09 bits per heavy atom. The number of rotatable bonds is 9. The van der Waals surface area contributed by atoms with Gasteiger partial charge in [0.2, 0.25) is 0 Å². The first-order valence-electron chi connectivity index (χ1n) is 11.8. The van der Waals surface area contributed by atoms with Crippen molar-refractivity contribution in [2.24, 2.45) is 5.92 Å². The molecule has 0 unspecified atom stereocenters. The number of hydrogen-bond donors (Lipinski definition) is 1. The number of methoxy groups -OCH3 is 2. The number of nitrogens with one attached hydrogen (secondary N) is 1. The smallest absolute Gasteiger partial charge is 0.280 e. The van der Waals surface area contributed by atoms with Gasteiger partial charge in [0.05, 0.1) is 19.9 Å². The summed E-state index contributed by atoms with van der Waals surface area (Å²) >= 11 is 1.43. The number of amides is 1. The number of ether oxygens (including phenoxy) is 2. The van der Waals surface area contributed by atoms with Crippen molar-refractivity contribution in [3.05, 3.63) is 64.0 Å². The summed E-state index contributed by atoms with van der Waals surface area (Å²) in [5, 5.41) is 3.58. The summed E-state index contributed by atoms with van der Waals surface area (Å²) < 4.78 is 10.7. The molecule has 1 amide bonds. The summed E-state index contributed by atoms with van der Waals surface area (Å²) in [7, 11) is 3.23. The molecule has 6 nitrogen and oxygen atoms in total. The van der Waals surface area contributed by atoms with E-state index in [9.17, 15) is 4.79 Å². The van der Waals surface area contributed by atoms with Crippen LogP contribution in [-0.4, -0.2) is 49.6 Å². The topological polar surface area (TPSA) is 63.7 Å². The van der Waals surface area contributed by atoms with Crippen LogP contribution in [0.4, 0.5) is 0 Å². The molecule has 1 aromatic heterocycles. The highest BCUT2D eigenvalue weighted by molar-refractivity contribution is 7.14. The SMILES string of the molecule is COc1ccc(-c2nc(C(=O)NCCC3CCN(Cc4ccccc4)CC3)sc2C)cc1OC. The summed E-state index contributed by atoms with van der Waals surface area (Å²) in [6, 6.07) is 16.3. The van der Waals surface area contributed by atoms with E-state index in [-0.39, 0.29) is 5.91 Å². The van der Waals surface area contributed by atoms with Gasteiger partial charge in [0.1, 0.15) is 0 Å². The molecule has 0 radical (unpaired) electrons. The first kappa shape index (κ1) is 24.2. The third kappa shape index (κ3) is 5.96. The van der Waals surface area contributed by atoms with E-state index < -0.39 is 0 Å². The van der Waals surface area contributed by atoms with E-state index in [0.717, 1.165) is 42.2 Å². The molecule has 1 N–H and O–H groups in total. The van der Waals surface area contributed by atoms with E-state index in [1.807, 2.05) is 25.1 Å². The number of hydrogen-bond acceptors (Lipinski definition) is 6. The molecule has 2 heterocycles. The molecule has 1 aliphatic rings. The van der Waals surface area contributed by atoms with Gasteiger partial charge in [0.25, 0.3) is 5.91 Å². The zero-order valence-electron chi connectivity index (χ0n) is 20.2. The minimum atomic E-state index is -0.0960. The maximum Gasteiger partial charge on any atom is 0.280 e. The van der Waals surface area contributed by atoms with Gasteiger partial charge in [-0.15, -0.1) is 11.3 Å². The summed E-state index contributed by atoms with van der Waals surface area (Å²) in [6.45, 7) is 5.94. The second kappa shape index (κ2) is 11.5. The molecule has 34 heavy (non-hydrogen) atoms. The van der Waals surface area contributed by atoms with E-state index in [1.165, 1.54) is 29.7 Å². The van der Waals surface area contributed by atoms with Gasteiger partial charge in [-0.05, 0) is 69.0 Å². The Bertz CT molecular complexity index is 1090. The maximum absolute atomic E-state index is 12.7. The quantitative estimate of drug-likeness (QED) is 0.459. The predicted octanol–water partition coefficient (Wildman–Crippen LogP) is 5.17. The van der Waals surface area contributed by atoms with Gasteiger partial charge in [0.15, 0.2) is 16.5 Å². The van der Waals surface area contributed by atoms with Crippen molar-refractivity contribution < 1.29 is 14.3 Å². The Morgan fingerprint density at radius 3 is 2.53 bits per heavy atom. The zero-order valence-corrected chi connectivity index (χ0v) is 21.0. The number of nitrogens with zero attached hydrogens (tertiary/aromatic N) is 2. The summed E-state index contributed by atoms with van der Waals surface area (Å²) in [4.78, 5) is 20.9. The molecule has 1 saturated heterocycles. The average molecular weight is 480 g/mol. The Labute approximate surface area is 205 Å². The van der Waals surface area contributed by atoms with Crippen LogP contribution in [0.1, 0.15) is 39.5 Å². The van der Waals surface area contributed by atoms with E-state index in [1.54, 1.807) is 14.2 Å². The van der Waals surface area contributed by atoms with E-state index in [4.69, 9.17) is 9.47 Å².